The van der Waals surface area contributed by atoms with Crippen molar-refractivity contribution < 1.29 is 15.3 Å². The van der Waals surface area contributed by atoms with Crippen LogP contribution in [0.15, 0.2) is 66.2 Å². The first-order valence-corrected chi connectivity index (χ1v) is 9.11. The van der Waals surface area contributed by atoms with E-state index in [1.54, 1.807) is 6.08 Å². The van der Waals surface area contributed by atoms with E-state index in [9.17, 15) is 15.3 Å². The molecule has 0 spiro atoms. The standard InChI is InChI=1S/C22H25NO3/c1-16-13-21(26,15-25)22(11-12-24)18-9-5-6-10-19(18)23(20(16)22)14-17-7-3-2-4-8-17/h2-10,13,20,24-26H,11-12,14-15H2,1H3/t20-,21+,22-/m0/s1. The molecule has 0 saturated heterocycles. The zero-order valence-corrected chi connectivity index (χ0v) is 15.0. The Morgan fingerprint density at radius 3 is 2.38 bits per heavy atom. The fraction of sp³-hybridized carbons (Fsp3) is 0.364. The van der Waals surface area contributed by atoms with Crippen LogP contribution in [-0.2, 0) is 12.0 Å². The van der Waals surface area contributed by atoms with Gasteiger partial charge in [0, 0.05) is 18.8 Å². The van der Waals surface area contributed by atoms with E-state index in [1.807, 2.05) is 43.3 Å². The number of nitrogens with zero attached hydrogens (tertiary/aromatic N) is 1. The van der Waals surface area contributed by atoms with Gasteiger partial charge in [-0.25, -0.2) is 0 Å². The van der Waals surface area contributed by atoms with Gasteiger partial charge in [0.1, 0.15) is 5.60 Å². The smallest absolute Gasteiger partial charge is 0.118 e. The van der Waals surface area contributed by atoms with E-state index in [0.29, 0.717) is 13.0 Å². The SMILES string of the molecule is CC1=C[C@@](O)(CO)[C@@]2(CCO)c3ccccc3N(Cc3ccccc3)[C@@H]12. The molecule has 3 N–H and O–H groups in total. The lowest BCUT2D eigenvalue weighted by Crippen LogP contribution is -2.57. The fourth-order valence-electron chi connectivity index (χ4n) is 5.15. The van der Waals surface area contributed by atoms with Crippen molar-refractivity contribution in [1.82, 2.24) is 0 Å². The topological polar surface area (TPSA) is 63.9 Å². The monoisotopic (exact) mass is 351 g/mol. The molecule has 0 amide bonds. The molecule has 0 bridgehead atoms. The summed E-state index contributed by atoms with van der Waals surface area (Å²) in [5, 5.41) is 31.3. The number of anilines is 1. The predicted molar refractivity (Wildman–Crippen MR) is 102 cm³/mol. The van der Waals surface area contributed by atoms with E-state index in [2.05, 4.69) is 23.1 Å². The second kappa shape index (κ2) is 6.23. The van der Waals surface area contributed by atoms with Crippen molar-refractivity contribution in [3.63, 3.8) is 0 Å². The molecule has 0 unspecified atom stereocenters. The largest absolute Gasteiger partial charge is 0.396 e. The summed E-state index contributed by atoms with van der Waals surface area (Å²) in [5.74, 6) is 0. The Kier molecular flexibility index (Phi) is 4.14. The van der Waals surface area contributed by atoms with Crippen LogP contribution in [0.25, 0.3) is 0 Å². The Morgan fingerprint density at radius 1 is 1.00 bits per heavy atom. The lowest BCUT2D eigenvalue weighted by Gasteiger charge is -2.43. The van der Waals surface area contributed by atoms with E-state index in [-0.39, 0.29) is 19.3 Å². The molecule has 0 radical (unpaired) electrons. The van der Waals surface area contributed by atoms with Crippen LogP contribution in [0.4, 0.5) is 5.69 Å². The van der Waals surface area contributed by atoms with Crippen molar-refractivity contribution in [1.29, 1.82) is 0 Å². The van der Waals surface area contributed by atoms with Crippen LogP contribution in [0.5, 0.6) is 0 Å². The van der Waals surface area contributed by atoms with Crippen LogP contribution >= 0.6 is 0 Å². The first kappa shape index (κ1) is 17.3. The van der Waals surface area contributed by atoms with Gasteiger partial charge in [-0.15, -0.1) is 0 Å². The maximum Gasteiger partial charge on any atom is 0.118 e. The maximum atomic E-state index is 11.4. The van der Waals surface area contributed by atoms with Crippen molar-refractivity contribution in [3.8, 4) is 0 Å². The Labute approximate surface area is 154 Å². The zero-order valence-electron chi connectivity index (χ0n) is 15.0. The maximum absolute atomic E-state index is 11.4. The lowest BCUT2D eigenvalue weighted by atomic mass is 9.66. The average molecular weight is 351 g/mol. The van der Waals surface area contributed by atoms with Gasteiger partial charge in [-0.2, -0.15) is 0 Å². The Morgan fingerprint density at radius 2 is 1.69 bits per heavy atom. The quantitative estimate of drug-likeness (QED) is 0.724. The van der Waals surface area contributed by atoms with Gasteiger partial charge in [0.05, 0.1) is 18.1 Å². The molecule has 3 atom stereocenters. The summed E-state index contributed by atoms with van der Waals surface area (Å²) >= 11 is 0. The molecule has 0 saturated carbocycles. The Hall–Kier alpha value is -2.14. The molecule has 1 aliphatic carbocycles. The van der Waals surface area contributed by atoms with E-state index >= 15 is 0 Å². The molecule has 0 aromatic heterocycles. The highest BCUT2D eigenvalue weighted by atomic mass is 16.3. The summed E-state index contributed by atoms with van der Waals surface area (Å²) < 4.78 is 0. The van der Waals surface area contributed by atoms with Crippen molar-refractivity contribution in [2.24, 2.45) is 0 Å². The summed E-state index contributed by atoms with van der Waals surface area (Å²) in [7, 11) is 0. The number of hydrogen-bond acceptors (Lipinski definition) is 4. The summed E-state index contributed by atoms with van der Waals surface area (Å²) in [6.45, 7) is 2.30. The third-order valence-corrected chi connectivity index (χ3v) is 6.09. The van der Waals surface area contributed by atoms with Gasteiger partial charge in [-0.05, 0) is 36.6 Å². The zero-order chi connectivity index (χ0) is 18.4. The molecule has 2 aliphatic rings. The molecular formula is C22H25NO3. The first-order valence-electron chi connectivity index (χ1n) is 9.11. The van der Waals surface area contributed by atoms with E-state index in [4.69, 9.17) is 0 Å². The molecule has 4 nitrogen and oxygen atoms in total. The summed E-state index contributed by atoms with van der Waals surface area (Å²) in [6, 6.07) is 18.2. The summed E-state index contributed by atoms with van der Waals surface area (Å²) in [5.41, 5.74) is 2.16. The third kappa shape index (κ3) is 2.19. The van der Waals surface area contributed by atoms with Gasteiger partial charge in [-0.1, -0.05) is 54.1 Å². The third-order valence-electron chi connectivity index (χ3n) is 6.09. The Balaban J connectivity index is 1.89. The van der Waals surface area contributed by atoms with Gasteiger partial charge >= 0.3 is 0 Å². The van der Waals surface area contributed by atoms with Crippen molar-refractivity contribution in [2.75, 3.05) is 18.1 Å². The van der Waals surface area contributed by atoms with Crippen molar-refractivity contribution in [2.45, 2.75) is 36.9 Å². The molecule has 0 fully saturated rings. The minimum Gasteiger partial charge on any atom is -0.396 e. The highest BCUT2D eigenvalue weighted by Crippen LogP contribution is 2.59. The minimum atomic E-state index is -1.38. The van der Waals surface area contributed by atoms with Crippen LogP contribution in [0.2, 0.25) is 0 Å². The second-order valence-electron chi connectivity index (χ2n) is 7.45. The predicted octanol–water partition coefficient (Wildman–Crippen LogP) is 2.38. The second-order valence-corrected chi connectivity index (χ2v) is 7.45. The van der Waals surface area contributed by atoms with Gasteiger partial charge in [0.2, 0.25) is 0 Å². The molecule has 136 valence electrons. The van der Waals surface area contributed by atoms with E-state index < -0.39 is 11.0 Å². The van der Waals surface area contributed by atoms with E-state index in [0.717, 1.165) is 16.8 Å². The van der Waals surface area contributed by atoms with Crippen LogP contribution in [0.1, 0.15) is 24.5 Å². The number of rotatable bonds is 5. The molecule has 1 aliphatic heterocycles. The molecule has 1 heterocycles. The number of fused-ring (bicyclic) bond motifs is 3. The van der Waals surface area contributed by atoms with Crippen LogP contribution in [-0.4, -0.2) is 40.2 Å². The molecule has 26 heavy (non-hydrogen) atoms. The number of hydrogen-bond donors (Lipinski definition) is 3. The summed E-state index contributed by atoms with van der Waals surface area (Å²) in [4.78, 5) is 2.31. The normalized spacial score (nSPS) is 29.5. The molecule has 2 aromatic rings. The number of para-hydroxylation sites is 1. The molecule has 4 heteroatoms. The van der Waals surface area contributed by atoms with Gasteiger partial charge in [0.15, 0.2) is 0 Å². The first-order chi connectivity index (χ1) is 12.6. The lowest BCUT2D eigenvalue weighted by molar-refractivity contribution is -0.0420. The van der Waals surface area contributed by atoms with Crippen molar-refractivity contribution >= 4 is 5.69 Å². The number of aliphatic hydroxyl groups is 3. The summed E-state index contributed by atoms with van der Waals surface area (Å²) in [6.07, 6.45) is 2.19. The Bertz CT molecular complexity index is 834. The minimum absolute atomic E-state index is 0.0482. The van der Waals surface area contributed by atoms with Gasteiger partial charge in [-0.3, -0.25) is 0 Å². The van der Waals surface area contributed by atoms with Crippen LogP contribution in [0.3, 0.4) is 0 Å². The van der Waals surface area contributed by atoms with Crippen LogP contribution < -0.4 is 4.90 Å². The number of aliphatic hydroxyl groups excluding tert-OH is 2. The van der Waals surface area contributed by atoms with Crippen LogP contribution in [0, 0.1) is 0 Å². The molecular weight excluding hydrogens is 326 g/mol. The van der Waals surface area contributed by atoms with E-state index in [1.165, 1.54) is 5.56 Å². The highest BCUT2D eigenvalue weighted by molar-refractivity contribution is 5.71. The average Bonchev–Trinajstić information content (AvgIpc) is 3.06. The fourth-order valence-corrected chi connectivity index (χ4v) is 5.15. The van der Waals surface area contributed by atoms with Gasteiger partial charge in [0.25, 0.3) is 0 Å². The van der Waals surface area contributed by atoms with Crippen molar-refractivity contribution in [3.05, 3.63) is 77.4 Å². The highest BCUT2D eigenvalue weighted by Gasteiger charge is 2.64. The number of benzene rings is 2. The molecule has 2 aromatic carbocycles. The molecule has 4 rings (SSSR count). The van der Waals surface area contributed by atoms with Gasteiger partial charge < -0.3 is 20.2 Å².